The van der Waals surface area contributed by atoms with E-state index in [2.05, 4.69) is 0 Å². The van der Waals surface area contributed by atoms with Crippen molar-refractivity contribution in [2.75, 3.05) is 7.11 Å². The molecule has 0 fully saturated rings. The molecule has 24 heavy (non-hydrogen) atoms. The molecule has 0 radical (unpaired) electrons. The van der Waals surface area contributed by atoms with Gasteiger partial charge in [0.05, 0.1) is 18.9 Å². The summed E-state index contributed by atoms with van der Waals surface area (Å²) in [5.41, 5.74) is 1.04. The zero-order valence-corrected chi connectivity index (χ0v) is 15.1. The van der Waals surface area contributed by atoms with Gasteiger partial charge in [0, 0.05) is 5.56 Å². The van der Waals surface area contributed by atoms with Crippen LogP contribution in [0.4, 0.5) is 0 Å². The van der Waals surface area contributed by atoms with Gasteiger partial charge in [-0.15, -0.1) is 0 Å². The van der Waals surface area contributed by atoms with Gasteiger partial charge in [-0.2, -0.15) is 0 Å². The van der Waals surface area contributed by atoms with Gasteiger partial charge in [-0.25, -0.2) is 0 Å². The molecule has 0 spiro atoms. The lowest BCUT2D eigenvalue weighted by Gasteiger charge is -2.25. The smallest absolute Gasteiger partial charge is 0.311 e. The zero-order valence-electron chi connectivity index (χ0n) is 15.1. The number of rotatable bonds is 9. The lowest BCUT2D eigenvalue weighted by Crippen LogP contribution is -2.21. The maximum absolute atomic E-state index is 11.9. The second-order valence-corrected chi connectivity index (χ2v) is 7.00. The third-order valence-electron chi connectivity index (χ3n) is 4.05. The van der Waals surface area contributed by atoms with Crippen LogP contribution in [0.5, 0.6) is 5.75 Å². The Morgan fingerprint density at radius 2 is 1.46 bits per heavy atom. The molecule has 134 valence electrons. The molecule has 0 aliphatic rings. The fourth-order valence-electron chi connectivity index (χ4n) is 3.06. The summed E-state index contributed by atoms with van der Waals surface area (Å²) < 4.78 is 5.38. The number of methoxy groups -OCH3 is 1. The predicted molar refractivity (Wildman–Crippen MR) is 92.7 cm³/mol. The van der Waals surface area contributed by atoms with E-state index in [9.17, 15) is 19.8 Å². The average molecular weight is 336 g/mol. The Morgan fingerprint density at radius 1 is 0.958 bits per heavy atom. The highest BCUT2D eigenvalue weighted by Crippen LogP contribution is 2.39. The quantitative estimate of drug-likeness (QED) is 0.708. The van der Waals surface area contributed by atoms with Crippen molar-refractivity contribution in [2.45, 2.75) is 52.4 Å². The van der Waals surface area contributed by atoms with Gasteiger partial charge in [0.15, 0.2) is 0 Å². The van der Waals surface area contributed by atoms with Crippen molar-refractivity contribution in [1.29, 1.82) is 0 Å². The molecule has 0 aliphatic heterocycles. The zero-order chi connectivity index (χ0) is 18.4. The van der Waals surface area contributed by atoms with Crippen LogP contribution in [-0.2, 0) is 9.59 Å². The van der Waals surface area contributed by atoms with Crippen molar-refractivity contribution in [2.24, 2.45) is 11.8 Å². The third kappa shape index (κ3) is 4.98. The maximum Gasteiger partial charge on any atom is 0.311 e. The van der Waals surface area contributed by atoms with Crippen molar-refractivity contribution in [3.63, 3.8) is 0 Å². The molecular formula is C19H28O5. The van der Waals surface area contributed by atoms with Gasteiger partial charge in [0.2, 0.25) is 0 Å². The van der Waals surface area contributed by atoms with Crippen molar-refractivity contribution >= 4 is 11.9 Å². The van der Waals surface area contributed by atoms with E-state index in [1.807, 2.05) is 27.7 Å². The van der Waals surface area contributed by atoms with Crippen LogP contribution in [0.25, 0.3) is 0 Å². The van der Waals surface area contributed by atoms with E-state index >= 15 is 0 Å². The van der Waals surface area contributed by atoms with E-state index in [1.54, 1.807) is 18.2 Å². The summed E-state index contributed by atoms with van der Waals surface area (Å²) in [5, 5.41) is 19.4. The van der Waals surface area contributed by atoms with Crippen LogP contribution in [0, 0.1) is 11.8 Å². The first-order valence-corrected chi connectivity index (χ1v) is 8.31. The Bertz CT molecular complexity index is 577. The van der Waals surface area contributed by atoms with Gasteiger partial charge in [0.25, 0.3) is 0 Å². The molecule has 1 aromatic rings. The SMILES string of the molecule is COc1cccc(C(CC(C)C)C(=O)O)c1C(CC(C)C)C(=O)O. The van der Waals surface area contributed by atoms with E-state index in [0.29, 0.717) is 29.7 Å². The highest BCUT2D eigenvalue weighted by atomic mass is 16.5. The monoisotopic (exact) mass is 336 g/mol. The number of ether oxygens (including phenoxy) is 1. The number of benzene rings is 1. The highest BCUT2D eigenvalue weighted by Gasteiger charge is 2.32. The minimum absolute atomic E-state index is 0.164. The minimum atomic E-state index is -0.955. The van der Waals surface area contributed by atoms with Crippen LogP contribution in [0.2, 0.25) is 0 Å². The van der Waals surface area contributed by atoms with Crippen molar-refractivity contribution in [1.82, 2.24) is 0 Å². The van der Waals surface area contributed by atoms with Crippen molar-refractivity contribution < 1.29 is 24.5 Å². The Kier molecular flexibility index (Phi) is 7.26. The van der Waals surface area contributed by atoms with Gasteiger partial charge >= 0.3 is 11.9 Å². The minimum Gasteiger partial charge on any atom is -0.496 e. The molecule has 0 aliphatic carbocycles. The Balaban J connectivity index is 3.54. The standard InChI is InChI=1S/C19H28O5/c1-11(2)9-14(18(20)21)13-7-6-8-16(24-5)17(13)15(19(22)23)10-12(3)4/h6-8,11-12,14-15H,9-10H2,1-5H3,(H,20,21)(H,22,23). The number of carboxylic acids is 2. The van der Waals surface area contributed by atoms with Crippen LogP contribution < -0.4 is 4.74 Å². The van der Waals surface area contributed by atoms with Gasteiger partial charge in [-0.05, 0) is 36.3 Å². The number of hydrogen-bond acceptors (Lipinski definition) is 3. The first-order valence-electron chi connectivity index (χ1n) is 8.31. The lowest BCUT2D eigenvalue weighted by molar-refractivity contribution is -0.140. The van der Waals surface area contributed by atoms with Gasteiger partial charge in [-0.1, -0.05) is 39.8 Å². The molecule has 0 aromatic heterocycles. The number of carboxylic acid groups (broad SMARTS) is 2. The molecule has 0 saturated heterocycles. The normalized spacial score (nSPS) is 13.8. The summed E-state index contributed by atoms with van der Waals surface area (Å²) in [6.07, 6.45) is 0.875. The Morgan fingerprint density at radius 3 is 1.88 bits per heavy atom. The topological polar surface area (TPSA) is 83.8 Å². The number of aliphatic carboxylic acids is 2. The summed E-state index contributed by atoms with van der Waals surface area (Å²) >= 11 is 0. The predicted octanol–water partition coefficient (Wildman–Crippen LogP) is 4.12. The average Bonchev–Trinajstić information content (AvgIpc) is 2.48. The fourth-order valence-corrected chi connectivity index (χ4v) is 3.06. The second-order valence-electron chi connectivity index (χ2n) is 7.00. The van der Waals surface area contributed by atoms with Crippen LogP contribution in [0.1, 0.15) is 63.5 Å². The molecule has 5 heteroatoms. The summed E-state index contributed by atoms with van der Waals surface area (Å²) in [6.45, 7) is 7.82. The highest BCUT2D eigenvalue weighted by molar-refractivity contribution is 5.82. The second kappa shape index (κ2) is 8.71. The molecule has 0 amide bonds. The van der Waals surface area contributed by atoms with Gasteiger partial charge in [-0.3, -0.25) is 9.59 Å². The van der Waals surface area contributed by atoms with E-state index in [0.717, 1.165) is 0 Å². The largest absolute Gasteiger partial charge is 0.496 e. The fraction of sp³-hybridized carbons (Fsp3) is 0.579. The van der Waals surface area contributed by atoms with E-state index < -0.39 is 23.8 Å². The van der Waals surface area contributed by atoms with Crippen molar-refractivity contribution in [3.05, 3.63) is 29.3 Å². The van der Waals surface area contributed by atoms with Crippen molar-refractivity contribution in [3.8, 4) is 5.75 Å². The van der Waals surface area contributed by atoms with E-state index in [4.69, 9.17) is 4.74 Å². The molecule has 1 aromatic carbocycles. The van der Waals surface area contributed by atoms with Crippen LogP contribution >= 0.6 is 0 Å². The summed E-state index contributed by atoms with van der Waals surface area (Å²) in [4.78, 5) is 23.7. The van der Waals surface area contributed by atoms with Gasteiger partial charge in [0.1, 0.15) is 5.75 Å². The van der Waals surface area contributed by atoms with Crippen LogP contribution in [0.3, 0.4) is 0 Å². The first-order chi connectivity index (χ1) is 11.2. The maximum atomic E-state index is 11.9. The van der Waals surface area contributed by atoms with Gasteiger partial charge < -0.3 is 14.9 Å². The molecule has 2 atom stereocenters. The molecule has 1 rings (SSSR count). The van der Waals surface area contributed by atoms with E-state index in [1.165, 1.54) is 7.11 Å². The van der Waals surface area contributed by atoms with E-state index in [-0.39, 0.29) is 11.8 Å². The number of hydrogen-bond donors (Lipinski definition) is 2. The molecular weight excluding hydrogens is 308 g/mol. The number of carbonyl (C=O) groups is 2. The molecule has 0 bridgehead atoms. The molecule has 2 unspecified atom stereocenters. The summed E-state index contributed by atoms with van der Waals surface area (Å²) in [5.74, 6) is -2.64. The van der Waals surface area contributed by atoms with Crippen LogP contribution in [-0.4, -0.2) is 29.3 Å². The summed E-state index contributed by atoms with van der Waals surface area (Å²) in [7, 11) is 1.48. The summed E-state index contributed by atoms with van der Waals surface area (Å²) in [6, 6.07) is 5.14. The molecule has 5 nitrogen and oxygen atoms in total. The Hall–Kier alpha value is -2.04. The third-order valence-corrected chi connectivity index (χ3v) is 4.05. The lowest BCUT2D eigenvalue weighted by atomic mass is 9.80. The molecule has 2 N–H and O–H groups in total. The Labute approximate surface area is 143 Å². The van der Waals surface area contributed by atoms with Crippen LogP contribution in [0.15, 0.2) is 18.2 Å². The first kappa shape index (κ1) is 20.0. The molecule has 0 heterocycles. The molecule has 0 saturated carbocycles.